The van der Waals surface area contributed by atoms with Gasteiger partial charge in [0.05, 0.1) is 18.0 Å². The Morgan fingerprint density at radius 1 is 1.15 bits per heavy atom. The van der Waals surface area contributed by atoms with Gasteiger partial charge in [0.2, 0.25) is 0 Å². The Hall–Kier alpha value is -2.99. The maximum Gasteiger partial charge on any atom is 0.279 e. The lowest BCUT2D eigenvalue weighted by molar-refractivity contribution is -0.902. The molecule has 27 heavy (non-hydrogen) atoms. The number of amides is 1. The summed E-state index contributed by atoms with van der Waals surface area (Å²) in [5, 5.41) is 3.57. The second kappa shape index (κ2) is 7.72. The van der Waals surface area contributed by atoms with Crippen LogP contribution in [0.1, 0.15) is 29.9 Å². The van der Waals surface area contributed by atoms with Gasteiger partial charge in [-0.2, -0.15) is 0 Å². The van der Waals surface area contributed by atoms with Crippen LogP contribution in [-0.4, -0.2) is 29.5 Å². The number of aromatic amines is 1. The lowest BCUT2D eigenvalue weighted by Crippen LogP contribution is -3.10. The van der Waals surface area contributed by atoms with Gasteiger partial charge in [-0.1, -0.05) is 30.3 Å². The highest BCUT2D eigenvalue weighted by molar-refractivity contribution is 5.93. The van der Waals surface area contributed by atoms with Gasteiger partial charge in [0.25, 0.3) is 11.5 Å². The highest BCUT2D eigenvalue weighted by atomic mass is 16.2. The summed E-state index contributed by atoms with van der Waals surface area (Å²) in [7, 11) is 1.92. The number of carbonyl (C=O) groups excluding carboxylic acids is 1. The lowest BCUT2D eigenvalue weighted by Gasteiger charge is -2.21. The second-order valence-electron chi connectivity index (χ2n) is 7.03. The third kappa shape index (κ3) is 4.06. The first-order valence-electron chi connectivity index (χ1n) is 9.04. The normalized spacial score (nSPS) is 13.3. The number of H-pyrrole nitrogens is 1. The van der Waals surface area contributed by atoms with Crippen LogP contribution in [0, 0.1) is 13.8 Å². The SMILES string of the molecule is Cc1cccc(C)c1NC(=O)C[NH+](C)[C@H](C)c1nc2ccccc2c(=O)[nH]1. The van der Waals surface area contributed by atoms with Crippen LogP contribution >= 0.6 is 0 Å². The first-order valence-corrected chi connectivity index (χ1v) is 9.04. The summed E-state index contributed by atoms with van der Waals surface area (Å²) in [6.07, 6.45) is 0. The van der Waals surface area contributed by atoms with E-state index in [1.165, 1.54) is 0 Å². The molecule has 2 atom stereocenters. The molecule has 0 bridgehead atoms. The number of benzene rings is 2. The van der Waals surface area contributed by atoms with Gasteiger partial charge in [-0.25, -0.2) is 4.98 Å². The molecule has 0 saturated heterocycles. The molecule has 0 fully saturated rings. The summed E-state index contributed by atoms with van der Waals surface area (Å²) in [5.41, 5.74) is 3.44. The van der Waals surface area contributed by atoms with Crippen molar-refractivity contribution in [2.45, 2.75) is 26.8 Å². The smallest absolute Gasteiger partial charge is 0.279 e. The molecule has 3 rings (SSSR count). The zero-order valence-electron chi connectivity index (χ0n) is 16.1. The van der Waals surface area contributed by atoms with Gasteiger partial charge in [0.1, 0.15) is 6.04 Å². The highest BCUT2D eigenvalue weighted by Crippen LogP contribution is 2.19. The average molecular weight is 365 g/mol. The lowest BCUT2D eigenvalue weighted by atomic mass is 10.1. The molecule has 2 aromatic carbocycles. The Labute approximate surface area is 158 Å². The molecule has 3 N–H and O–H groups in total. The Kier molecular flexibility index (Phi) is 5.37. The molecule has 1 amide bonds. The van der Waals surface area contributed by atoms with Crippen LogP contribution in [0.15, 0.2) is 47.3 Å². The summed E-state index contributed by atoms with van der Waals surface area (Å²) in [6, 6.07) is 13.0. The minimum Gasteiger partial charge on any atom is -0.321 e. The van der Waals surface area contributed by atoms with Gasteiger partial charge < -0.3 is 15.2 Å². The van der Waals surface area contributed by atoms with Crippen LogP contribution in [0.25, 0.3) is 10.9 Å². The van der Waals surface area contributed by atoms with E-state index in [-0.39, 0.29) is 24.1 Å². The number of rotatable bonds is 5. The van der Waals surface area contributed by atoms with E-state index in [1.807, 2.05) is 64.2 Å². The van der Waals surface area contributed by atoms with Crippen molar-refractivity contribution in [2.75, 3.05) is 18.9 Å². The number of aryl methyl sites for hydroxylation is 2. The summed E-state index contributed by atoms with van der Waals surface area (Å²) < 4.78 is 0. The van der Waals surface area contributed by atoms with E-state index in [9.17, 15) is 9.59 Å². The monoisotopic (exact) mass is 365 g/mol. The average Bonchev–Trinajstić information content (AvgIpc) is 2.64. The van der Waals surface area contributed by atoms with Crippen LogP contribution < -0.4 is 15.8 Å². The predicted molar refractivity (Wildman–Crippen MR) is 107 cm³/mol. The summed E-state index contributed by atoms with van der Waals surface area (Å²) in [5.74, 6) is 0.510. The second-order valence-corrected chi connectivity index (χ2v) is 7.03. The molecule has 6 heteroatoms. The molecule has 140 valence electrons. The number of quaternary nitrogens is 1. The van der Waals surface area contributed by atoms with Crippen LogP contribution in [0.5, 0.6) is 0 Å². The van der Waals surface area contributed by atoms with Crippen LogP contribution in [0.3, 0.4) is 0 Å². The zero-order valence-corrected chi connectivity index (χ0v) is 16.1. The van der Waals surface area contributed by atoms with E-state index in [0.29, 0.717) is 16.7 Å². The minimum absolute atomic E-state index is 0.0695. The molecule has 0 radical (unpaired) electrons. The summed E-state index contributed by atoms with van der Waals surface area (Å²) >= 11 is 0. The molecule has 0 spiro atoms. The van der Waals surface area contributed by atoms with E-state index < -0.39 is 0 Å². The number of nitrogens with one attached hydrogen (secondary N) is 3. The first kappa shape index (κ1) is 18.8. The van der Waals surface area contributed by atoms with Crippen molar-refractivity contribution in [2.24, 2.45) is 0 Å². The Morgan fingerprint density at radius 2 is 1.81 bits per heavy atom. The van der Waals surface area contributed by atoms with Crippen LogP contribution in [-0.2, 0) is 4.79 Å². The predicted octanol–water partition coefficient (Wildman–Crippen LogP) is 1.75. The fourth-order valence-electron chi connectivity index (χ4n) is 3.14. The molecule has 0 aliphatic heterocycles. The van der Waals surface area contributed by atoms with Crippen molar-refractivity contribution in [1.82, 2.24) is 9.97 Å². The van der Waals surface area contributed by atoms with E-state index in [1.54, 1.807) is 6.07 Å². The van der Waals surface area contributed by atoms with E-state index >= 15 is 0 Å². The topological polar surface area (TPSA) is 79.3 Å². The quantitative estimate of drug-likeness (QED) is 0.645. The van der Waals surface area contributed by atoms with Crippen molar-refractivity contribution in [1.29, 1.82) is 0 Å². The number of hydrogen-bond donors (Lipinski definition) is 3. The van der Waals surface area contributed by atoms with Gasteiger partial charge in [-0.05, 0) is 44.0 Å². The minimum atomic E-state index is -0.157. The van der Waals surface area contributed by atoms with Crippen molar-refractivity contribution in [3.63, 3.8) is 0 Å². The zero-order chi connectivity index (χ0) is 19.6. The maximum atomic E-state index is 12.5. The van der Waals surface area contributed by atoms with Crippen molar-refractivity contribution in [3.8, 4) is 0 Å². The number of hydrogen-bond acceptors (Lipinski definition) is 3. The van der Waals surface area contributed by atoms with Crippen LogP contribution in [0.4, 0.5) is 5.69 Å². The number of fused-ring (bicyclic) bond motifs is 1. The van der Waals surface area contributed by atoms with E-state index in [0.717, 1.165) is 21.7 Å². The van der Waals surface area contributed by atoms with Gasteiger partial charge >= 0.3 is 0 Å². The molecular weight excluding hydrogens is 340 g/mol. The number of nitrogens with zero attached hydrogens (tertiary/aromatic N) is 1. The Bertz CT molecular complexity index is 1020. The van der Waals surface area contributed by atoms with Gasteiger partial charge in [-0.15, -0.1) is 0 Å². The van der Waals surface area contributed by atoms with Crippen molar-refractivity contribution < 1.29 is 9.69 Å². The number of likely N-dealkylation sites (N-methyl/N-ethyl adjacent to an activating group) is 1. The molecule has 0 aliphatic carbocycles. The van der Waals surface area contributed by atoms with Crippen molar-refractivity contribution in [3.05, 3.63) is 69.8 Å². The fourth-order valence-corrected chi connectivity index (χ4v) is 3.14. The van der Waals surface area contributed by atoms with Gasteiger partial charge in [0.15, 0.2) is 12.4 Å². The Balaban J connectivity index is 1.75. The third-order valence-electron chi connectivity index (χ3n) is 4.97. The molecule has 1 heterocycles. The molecule has 1 aromatic heterocycles. The van der Waals surface area contributed by atoms with Gasteiger partial charge in [0, 0.05) is 5.69 Å². The van der Waals surface area contributed by atoms with Crippen molar-refractivity contribution >= 4 is 22.5 Å². The molecule has 6 nitrogen and oxygen atoms in total. The van der Waals surface area contributed by atoms with Gasteiger partial charge in [-0.3, -0.25) is 9.59 Å². The Morgan fingerprint density at radius 3 is 2.52 bits per heavy atom. The molecule has 1 unspecified atom stereocenters. The van der Waals surface area contributed by atoms with E-state index in [2.05, 4.69) is 15.3 Å². The number of para-hydroxylation sites is 2. The maximum absolute atomic E-state index is 12.5. The number of aromatic nitrogens is 2. The van der Waals surface area contributed by atoms with E-state index in [4.69, 9.17) is 0 Å². The molecular formula is C21H25N4O2+. The molecule has 3 aromatic rings. The standard InChI is InChI=1S/C21H24N4O2/c1-13-8-7-9-14(2)19(13)23-18(26)12-25(4)15(3)20-22-17-11-6-5-10-16(17)21(27)24-20/h5-11,15H,12H2,1-4H3,(H,23,26)(H,22,24,27)/p+1/t15-/m1/s1. The third-order valence-corrected chi connectivity index (χ3v) is 4.97. The molecule has 0 aliphatic rings. The first-order chi connectivity index (χ1) is 12.9. The molecule has 0 saturated carbocycles. The number of carbonyl (C=O) groups is 1. The van der Waals surface area contributed by atoms with Crippen LogP contribution in [0.2, 0.25) is 0 Å². The fraction of sp³-hybridized carbons (Fsp3) is 0.286. The summed E-state index contributed by atoms with van der Waals surface area (Å²) in [6.45, 7) is 6.18. The number of anilines is 1. The summed E-state index contributed by atoms with van der Waals surface area (Å²) in [4.78, 5) is 33.2. The largest absolute Gasteiger partial charge is 0.321 e. The highest BCUT2D eigenvalue weighted by Gasteiger charge is 2.22.